The molecular weight excluding hydrogens is 326 g/mol. The zero-order chi connectivity index (χ0) is 17.6. The van der Waals surface area contributed by atoms with Gasteiger partial charge in [0.05, 0.1) is 12.2 Å². The second-order valence-corrected chi connectivity index (χ2v) is 7.24. The lowest BCUT2D eigenvalue weighted by Crippen LogP contribution is -2.31. The fourth-order valence-corrected chi connectivity index (χ4v) is 3.71. The van der Waals surface area contributed by atoms with E-state index in [1.54, 1.807) is 12.4 Å². The van der Waals surface area contributed by atoms with Crippen LogP contribution in [0.15, 0.2) is 30.6 Å². The van der Waals surface area contributed by atoms with Gasteiger partial charge in [0.15, 0.2) is 5.65 Å². The van der Waals surface area contributed by atoms with Crippen LogP contribution < -0.4 is 0 Å². The minimum atomic E-state index is -1.02. The fourth-order valence-electron chi connectivity index (χ4n) is 3.71. The highest BCUT2D eigenvalue weighted by Crippen LogP contribution is 2.32. The van der Waals surface area contributed by atoms with Gasteiger partial charge in [-0.25, -0.2) is 0 Å². The van der Waals surface area contributed by atoms with E-state index >= 15 is 0 Å². The molecular formula is C20H27N5O. The zero-order valence-corrected chi connectivity index (χ0v) is 14.9. The zero-order valence-electron chi connectivity index (χ0n) is 14.9. The molecule has 138 valence electrons. The van der Waals surface area contributed by atoms with E-state index < -0.39 is 5.60 Å². The van der Waals surface area contributed by atoms with E-state index in [1.807, 2.05) is 26.0 Å². The summed E-state index contributed by atoms with van der Waals surface area (Å²) in [7, 11) is 2.14. The Kier molecular flexibility index (Phi) is 4.82. The van der Waals surface area contributed by atoms with E-state index in [2.05, 4.69) is 37.8 Å². The molecule has 0 aliphatic carbocycles. The van der Waals surface area contributed by atoms with E-state index in [0.29, 0.717) is 6.54 Å². The molecule has 4 rings (SSSR count). The van der Waals surface area contributed by atoms with Gasteiger partial charge < -0.3 is 14.6 Å². The lowest BCUT2D eigenvalue weighted by Gasteiger charge is -2.28. The molecule has 0 amide bonds. The number of aryl methyl sites for hydroxylation is 1. The monoisotopic (exact) mass is 353 g/mol. The van der Waals surface area contributed by atoms with Gasteiger partial charge in [0.25, 0.3) is 0 Å². The number of rotatable bonds is 3. The third-order valence-electron chi connectivity index (χ3n) is 5.06. The van der Waals surface area contributed by atoms with Gasteiger partial charge in [0, 0.05) is 48.5 Å². The van der Waals surface area contributed by atoms with Gasteiger partial charge >= 0.3 is 0 Å². The van der Waals surface area contributed by atoms with Crippen LogP contribution in [0.2, 0.25) is 0 Å². The van der Waals surface area contributed by atoms with E-state index in [4.69, 9.17) is 0 Å². The Balaban J connectivity index is 0.00000196. The molecule has 4 heterocycles. The van der Waals surface area contributed by atoms with E-state index in [1.165, 1.54) is 11.3 Å². The van der Waals surface area contributed by atoms with Crippen LogP contribution in [0, 0.1) is 6.92 Å². The molecule has 0 saturated carbocycles. The first-order chi connectivity index (χ1) is 12.0. The molecule has 1 aliphatic rings. The molecule has 0 radical (unpaired) electrons. The van der Waals surface area contributed by atoms with Crippen LogP contribution in [0.5, 0.6) is 0 Å². The summed E-state index contributed by atoms with van der Waals surface area (Å²) >= 11 is 0. The predicted octanol–water partition coefficient (Wildman–Crippen LogP) is 2.67. The number of fused-ring (bicyclic) bond motifs is 3. The van der Waals surface area contributed by atoms with Crippen molar-refractivity contribution in [2.45, 2.75) is 46.4 Å². The molecule has 1 atom stereocenters. The molecule has 0 aromatic carbocycles. The number of hydrogen-bond donors (Lipinski definition) is 1. The van der Waals surface area contributed by atoms with Crippen LogP contribution in [0.1, 0.15) is 36.9 Å². The van der Waals surface area contributed by atoms with Gasteiger partial charge in [0.2, 0.25) is 0 Å². The van der Waals surface area contributed by atoms with Crippen LogP contribution >= 0.6 is 0 Å². The molecule has 0 saturated heterocycles. The third kappa shape index (κ3) is 3.10. The van der Waals surface area contributed by atoms with Crippen molar-refractivity contribution < 1.29 is 5.11 Å². The van der Waals surface area contributed by atoms with Crippen LogP contribution in [0.4, 0.5) is 0 Å². The second kappa shape index (κ2) is 6.78. The van der Waals surface area contributed by atoms with Crippen molar-refractivity contribution in [2.24, 2.45) is 0 Å². The largest absolute Gasteiger partial charge is 0.384 e. The lowest BCUT2D eigenvalue weighted by molar-refractivity contribution is 0.0380. The van der Waals surface area contributed by atoms with Gasteiger partial charge in [-0.2, -0.15) is 5.10 Å². The summed E-state index contributed by atoms with van der Waals surface area (Å²) in [4.78, 5) is 6.47. The fraction of sp³-hybridized carbons (Fsp3) is 0.450. The Hall–Kier alpha value is -2.31. The van der Waals surface area contributed by atoms with Gasteiger partial charge in [0.1, 0.15) is 5.60 Å². The highest BCUT2D eigenvalue weighted by molar-refractivity contribution is 5.82. The highest BCUT2D eigenvalue weighted by Gasteiger charge is 2.30. The Labute approximate surface area is 154 Å². The van der Waals surface area contributed by atoms with E-state index in [-0.39, 0.29) is 7.43 Å². The Morgan fingerprint density at radius 3 is 2.85 bits per heavy atom. The van der Waals surface area contributed by atoms with Gasteiger partial charge in [-0.3, -0.25) is 4.98 Å². The van der Waals surface area contributed by atoms with Crippen LogP contribution in [-0.4, -0.2) is 43.3 Å². The van der Waals surface area contributed by atoms with Crippen LogP contribution in [0.25, 0.3) is 11.0 Å². The summed E-state index contributed by atoms with van der Waals surface area (Å²) in [6, 6.07) is 5.87. The normalized spacial score (nSPS) is 16.8. The molecule has 0 spiro atoms. The number of aromatic nitrogens is 4. The molecule has 26 heavy (non-hydrogen) atoms. The maximum atomic E-state index is 11.1. The van der Waals surface area contributed by atoms with Crippen molar-refractivity contribution >= 4 is 11.0 Å². The first-order valence-electron chi connectivity index (χ1n) is 8.61. The van der Waals surface area contributed by atoms with E-state index in [9.17, 15) is 5.11 Å². The Morgan fingerprint density at radius 2 is 2.12 bits per heavy atom. The Morgan fingerprint density at radius 1 is 1.31 bits per heavy atom. The molecule has 1 unspecified atom stereocenters. The average molecular weight is 353 g/mol. The summed E-state index contributed by atoms with van der Waals surface area (Å²) in [6.07, 6.45) is 4.39. The summed E-state index contributed by atoms with van der Waals surface area (Å²) in [5.41, 5.74) is 4.12. The average Bonchev–Trinajstić information content (AvgIpc) is 2.88. The highest BCUT2D eigenvalue weighted by atomic mass is 16.3. The minimum Gasteiger partial charge on any atom is -0.384 e. The van der Waals surface area contributed by atoms with Crippen LogP contribution in [-0.2, 0) is 25.1 Å². The second-order valence-electron chi connectivity index (χ2n) is 7.24. The maximum absolute atomic E-state index is 11.1. The van der Waals surface area contributed by atoms with Gasteiger partial charge in [-0.15, -0.1) is 5.10 Å². The van der Waals surface area contributed by atoms with E-state index in [0.717, 1.165) is 41.8 Å². The number of pyridine rings is 1. The summed E-state index contributed by atoms with van der Waals surface area (Å²) in [5, 5.41) is 21.0. The maximum Gasteiger partial charge on any atom is 0.163 e. The number of likely N-dealkylation sites (N-methyl/N-ethyl adjacent to an activating group) is 1. The predicted molar refractivity (Wildman–Crippen MR) is 103 cm³/mol. The number of hydrogen-bond acceptors (Lipinski definition) is 5. The lowest BCUT2D eigenvalue weighted by atomic mass is 9.97. The smallest absolute Gasteiger partial charge is 0.163 e. The summed E-state index contributed by atoms with van der Waals surface area (Å²) < 4.78 is 2.15. The number of nitrogens with zero attached hydrogens (tertiary/aromatic N) is 5. The van der Waals surface area contributed by atoms with Crippen molar-refractivity contribution in [1.29, 1.82) is 0 Å². The topological polar surface area (TPSA) is 67.1 Å². The van der Waals surface area contributed by atoms with Crippen molar-refractivity contribution in [3.63, 3.8) is 0 Å². The van der Waals surface area contributed by atoms with Crippen molar-refractivity contribution in [3.8, 4) is 0 Å². The SMILES string of the molecule is C.Cc1cc2c3c(n(CC(C)(O)c4cccnc4)c2nn1)CCN(C)C3. The molecule has 1 N–H and O–H groups in total. The van der Waals surface area contributed by atoms with Crippen molar-refractivity contribution in [1.82, 2.24) is 24.6 Å². The number of aliphatic hydroxyl groups is 1. The Bertz CT molecular complexity index is 917. The summed E-state index contributed by atoms with van der Waals surface area (Å²) in [5.74, 6) is 0. The molecule has 6 heteroatoms. The first kappa shape index (κ1) is 18.5. The third-order valence-corrected chi connectivity index (χ3v) is 5.06. The van der Waals surface area contributed by atoms with Gasteiger partial charge in [-0.05, 0) is 38.6 Å². The molecule has 3 aromatic heterocycles. The summed E-state index contributed by atoms with van der Waals surface area (Å²) in [6.45, 7) is 6.14. The molecule has 1 aliphatic heterocycles. The molecule has 0 bridgehead atoms. The first-order valence-corrected chi connectivity index (χ1v) is 8.61. The molecule has 3 aromatic rings. The van der Waals surface area contributed by atoms with Gasteiger partial charge in [-0.1, -0.05) is 13.5 Å². The van der Waals surface area contributed by atoms with Crippen molar-refractivity contribution in [3.05, 3.63) is 53.1 Å². The van der Waals surface area contributed by atoms with Crippen molar-refractivity contribution in [2.75, 3.05) is 13.6 Å². The quantitative estimate of drug-likeness (QED) is 0.784. The molecule has 6 nitrogen and oxygen atoms in total. The van der Waals surface area contributed by atoms with Crippen LogP contribution in [0.3, 0.4) is 0 Å². The molecule has 0 fully saturated rings. The minimum absolute atomic E-state index is 0. The standard InChI is InChI=1S/C19H23N5O.CH4/c1-13-9-15-16-11-23(3)8-6-17(16)24(18(15)22-21-13)12-19(2,25)14-5-4-7-20-10-14;/h4-5,7,9-10,25H,6,8,11-12H2,1-3H3;1H4.